The minimum atomic E-state index is -0.138. The number of carbonyl (C=O) groups excluding carboxylic acids is 1. The molecule has 0 saturated heterocycles. The number of halogens is 1. The second-order valence-corrected chi connectivity index (χ2v) is 8.53. The van der Waals surface area contributed by atoms with Crippen LogP contribution < -0.4 is 10.6 Å². The molecule has 0 aliphatic heterocycles. The third-order valence-electron chi connectivity index (χ3n) is 5.03. The third kappa shape index (κ3) is 4.35. The topological polar surface area (TPSA) is 54.0 Å². The number of thiazole rings is 1. The number of nitrogens with zero attached hydrogens (tertiary/aromatic N) is 1. The summed E-state index contributed by atoms with van der Waals surface area (Å²) in [6.45, 7) is 0. The van der Waals surface area contributed by atoms with Crippen molar-refractivity contribution in [2.45, 2.75) is 0 Å². The van der Waals surface area contributed by atoms with E-state index in [2.05, 4.69) is 15.6 Å². The van der Waals surface area contributed by atoms with Crippen molar-refractivity contribution in [3.63, 3.8) is 0 Å². The molecule has 0 fully saturated rings. The summed E-state index contributed by atoms with van der Waals surface area (Å²) >= 11 is 7.57. The summed E-state index contributed by atoms with van der Waals surface area (Å²) in [6.07, 6.45) is 0. The number of carbonyl (C=O) groups is 1. The Hall–Kier alpha value is -3.67. The monoisotopic (exact) mass is 455 g/mol. The van der Waals surface area contributed by atoms with Crippen molar-refractivity contribution in [1.82, 2.24) is 4.98 Å². The van der Waals surface area contributed by atoms with Gasteiger partial charge >= 0.3 is 0 Å². The third-order valence-corrected chi connectivity index (χ3v) is 6.02. The molecule has 1 amide bonds. The molecule has 5 rings (SSSR count). The first-order valence-electron chi connectivity index (χ1n) is 10.0. The van der Waals surface area contributed by atoms with Crippen molar-refractivity contribution in [2.24, 2.45) is 0 Å². The van der Waals surface area contributed by atoms with Gasteiger partial charge in [0.05, 0.1) is 5.69 Å². The lowest BCUT2D eigenvalue weighted by atomic mass is 10.0. The molecular weight excluding hydrogens is 438 g/mol. The maximum atomic E-state index is 13.0. The van der Waals surface area contributed by atoms with Crippen LogP contribution in [0.15, 0.2) is 96.4 Å². The van der Waals surface area contributed by atoms with Crippen LogP contribution in [0.5, 0.6) is 0 Å². The Bertz CT molecular complexity index is 1420. The van der Waals surface area contributed by atoms with Gasteiger partial charge in [0.1, 0.15) is 0 Å². The van der Waals surface area contributed by atoms with Crippen molar-refractivity contribution in [3.05, 3.63) is 107 Å². The predicted octanol–water partition coefficient (Wildman–Crippen LogP) is 7.61. The summed E-state index contributed by atoms with van der Waals surface area (Å²) in [7, 11) is 0. The van der Waals surface area contributed by atoms with Crippen LogP contribution >= 0.6 is 22.9 Å². The molecule has 0 radical (unpaired) electrons. The molecule has 0 aliphatic carbocycles. The van der Waals surface area contributed by atoms with E-state index in [1.165, 1.54) is 11.3 Å². The van der Waals surface area contributed by atoms with Crippen molar-refractivity contribution >= 4 is 56.1 Å². The van der Waals surface area contributed by atoms with Gasteiger partial charge < -0.3 is 10.6 Å². The van der Waals surface area contributed by atoms with Gasteiger partial charge in [-0.1, -0.05) is 66.2 Å². The zero-order valence-corrected chi connectivity index (χ0v) is 18.5. The van der Waals surface area contributed by atoms with Gasteiger partial charge in [0.25, 0.3) is 5.91 Å². The second kappa shape index (κ2) is 8.83. The molecule has 156 valence electrons. The second-order valence-electron chi connectivity index (χ2n) is 7.23. The first-order valence-corrected chi connectivity index (χ1v) is 11.3. The summed E-state index contributed by atoms with van der Waals surface area (Å²) < 4.78 is 0. The van der Waals surface area contributed by atoms with Crippen LogP contribution in [-0.2, 0) is 0 Å². The van der Waals surface area contributed by atoms with Gasteiger partial charge in [0, 0.05) is 32.9 Å². The van der Waals surface area contributed by atoms with Crippen LogP contribution in [0.4, 0.5) is 16.5 Å². The molecule has 1 heterocycles. The van der Waals surface area contributed by atoms with Crippen molar-refractivity contribution in [3.8, 4) is 11.3 Å². The molecule has 0 aliphatic rings. The lowest BCUT2D eigenvalue weighted by Gasteiger charge is -2.09. The van der Waals surface area contributed by atoms with Gasteiger partial charge in [0.2, 0.25) is 0 Å². The number of anilines is 3. The summed E-state index contributed by atoms with van der Waals surface area (Å²) in [4.78, 5) is 17.6. The van der Waals surface area contributed by atoms with Crippen LogP contribution in [0.1, 0.15) is 10.4 Å². The quantitative estimate of drug-likeness (QED) is 0.286. The number of hydrogen-bond acceptors (Lipinski definition) is 4. The average molecular weight is 456 g/mol. The Morgan fingerprint density at radius 2 is 1.62 bits per heavy atom. The smallest absolute Gasteiger partial charge is 0.256 e. The molecule has 2 N–H and O–H groups in total. The molecule has 0 bridgehead atoms. The Labute approximate surface area is 194 Å². The molecule has 0 unspecified atom stereocenters. The van der Waals surface area contributed by atoms with E-state index in [-0.39, 0.29) is 5.91 Å². The van der Waals surface area contributed by atoms with Gasteiger partial charge in [-0.3, -0.25) is 4.79 Å². The molecular formula is C26H18ClN3OS. The standard InChI is InChI=1S/C26H18ClN3OS/c27-19-9-5-11-21(15-19)29-26-30-24(16-32-26)18-8-3-10-20(14-18)28-25(31)23-13-4-7-17-6-1-2-12-22(17)23/h1-16H,(H,28,31)(H,29,30). The number of benzene rings is 4. The molecule has 6 heteroatoms. The van der Waals surface area contributed by atoms with E-state index in [1.807, 2.05) is 96.4 Å². The van der Waals surface area contributed by atoms with E-state index in [1.54, 1.807) is 0 Å². The van der Waals surface area contributed by atoms with Crippen LogP contribution in [0, 0.1) is 0 Å². The highest BCUT2D eigenvalue weighted by Crippen LogP contribution is 2.29. The zero-order chi connectivity index (χ0) is 21.9. The molecule has 5 aromatic rings. The molecule has 32 heavy (non-hydrogen) atoms. The minimum Gasteiger partial charge on any atom is -0.331 e. The largest absolute Gasteiger partial charge is 0.331 e. The number of hydrogen-bond donors (Lipinski definition) is 2. The lowest BCUT2D eigenvalue weighted by molar-refractivity contribution is 0.102. The lowest BCUT2D eigenvalue weighted by Crippen LogP contribution is -2.12. The molecule has 0 atom stereocenters. The maximum absolute atomic E-state index is 13.0. The van der Waals surface area contributed by atoms with Gasteiger partial charge in [-0.2, -0.15) is 0 Å². The SMILES string of the molecule is O=C(Nc1cccc(-c2csc(Nc3cccc(Cl)c3)n2)c1)c1cccc2ccccc12. The van der Waals surface area contributed by atoms with E-state index in [9.17, 15) is 4.79 Å². The highest BCUT2D eigenvalue weighted by molar-refractivity contribution is 7.14. The van der Waals surface area contributed by atoms with Crippen LogP contribution in [0.3, 0.4) is 0 Å². The number of rotatable bonds is 5. The predicted molar refractivity (Wildman–Crippen MR) is 134 cm³/mol. The highest BCUT2D eigenvalue weighted by Gasteiger charge is 2.11. The average Bonchev–Trinajstić information content (AvgIpc) is 3.27. The Kier molecular flexibility index (Phi) is 5.58. The Morgan fingerprint density at radius 1 is 0.844 bits per heavy atom. The van der Waals surface area contributed by atoms with E-state index >= 15 is 0 Å². The van der Waals surface area contributed by atoms with E-state index in [0.29, 0.717) is 10.6 Å². The minimum absolute atomic E-state index is 0.138. The number of aromatic nitrogens is 1. The number of nitrogens with one attached hydrogen (secondary N) is 2. The van der Waals surface area contributed by atoms with Crippen molar-refractivity contribution < 1.29 is 4.79 Å². The molecule has 1 aromatic heterocycles. The van der Waals surface area contributed by atoms with Crippen molar-refractivity contribution in [2.75, 3.05) is 10.6 Å². The fourth-order valence-corrected chi connectivity index (χ4v) is 4.46. The van der Waals surface area contributed by atoms with Crippen LogP contribution in [-0.4, -0.2) is 10.9 Å². The summed E-state index contributed by atoms with van der Waals surface area (Å²) in [6, 6.07) is 28.8. The highest BCUT2D eigenvalue weighted by atomic mass is 35.5. The maximum Gasteiger partial charge on any atom is 0.256 e. The summed E-state index contributed by atoms with van der Waals surface area (Å²) in [5.41, 5.74) is 4.01. The number of fused-ring (bicyclic) bond motifs is 1. The van der Waals surface area contributed by atoms with Gasteiger partial charge in [-0.15, -0.1) is 11.3 Å². The summed E-state index contributed by atoms with van der Waals surface area (Å²) in [5.74, 6) is -0.138. The normalized spacial score (nSPS) is 10.8. The zero-order valence-electron chi connectivity index (χ0n) is 16.9. The van der Waals surface area contributed by atoms with Crippen molar-refractivity contribution in [1.29, 1.82) is 0 Å². The van der Waals surface area contributed by atoms with E-state index in [4.69, 9.17) is 11.6 Å². The first kappa shape index (κ1) is 20.2. The molecule has 4 nitrogen and oxygen atoms in total. The fraction of sp³-hybridized carbons (Fsp3) is 0. The van der Waals surface area contributed by atoms with Gasteiger partial charge in [0.15, 0.2) is 5.13 Å². The van der Waals surface area contributed by atoms with E-state index < -0.39 is 0 Å². The van der Waals surface area contributed by atoms with Gasteiger partial charge in [-0.25, -0.2) is 4.98 Å². The Morgan fingerprint density at radius 3 is 2.53 bits per heavy atom. The van der Waals surface area contributed by atoms with Crippen LogP contribution in [0.25, 0.3) is 22.0 Å². The Balaban J connectivity index is 1.36. The molecule has 0 saturated carbocycles. The van der Waals surface area contributed by atoms with Gasteiger partial charge in [-0.05, 0) is 47.2 Å². The molecule has 4 aromatic carbocycles. The van der Waals surface area contributed by atoms with Crippen LogP contribution in [0.2, 0.25) is 5.02 Å². The summed E-state index contributed by atoms with van der Waals surface area (Å²) in [5, 5.41) is 11.7. The number of amides is 1. The van der Waals surface area contributed by atoms with E-state index in [0.717, 1.165) is 38.5 Å². The molecule has 0 spiro atoms. The fourth-order valence-electron chi connectivity index (χ4n) is 3.53. The first-order chi connectivity index (χ1) is 15.7.